The number of ether oxygens (including phenoxy) is 1. The highest BCUT2D eigenvalue weighted by Gasteiger charge is 2.31. The summed E-state index contributed by atoms with van der Waals surface area (Å²) in [6.07, 6.45) is -2.27. The largest absolute Gasteiger partial charge is 0.461 e. The molecule has 0 spiro atoms. The van der Waals surface area contributed by atoms with Gasteiger partial charge in [-0.3, -0.25) is 9.36 Å². The smallest absolute Gasteiger partial charge is 0.416 e. The maximum absolute atomic E-state index is 13.4. The number of benzene rings is 1. The molecule has 0 aliphatic carbocycles. The zero-order valence-corrected chi connectivity index (χ0v) is 21.9. The molecule has 1 aromatic carbocycles. The number of thioether (sulfide) groups is 1. The second kappa shape index (κ2) is 11.5. The van der Waals surface area contributed by atoms with Gasteiger partial charge in [0.1, 0.15) is 6.26 Å². The van der Waals surface area contributed by atoms with Crippen molar-refractivity contribution in [3.05, 3.63) is 66.1 Å². The van der Waals surface area contributed by atoms with Gasteiger partial charge in [-0.25, -0.2) is 9.78 Å². The minimum absolute atomic E-state index is 0.107. The average molecular weight is 577 g/mol. The summed E-state index contributed by atoms with van der Waals surface area (Å²) < 4.78 is 57.6. The Morgan fingerprint density at radius 3 is 2.52 bits per heavy atom. The number of hydrogen-bond acceptors (Lipinski definition) is 9. The number of rotatable bonds is 7. The van der Waals surface area contributed by atoms with Crippen LogP contribution in [0.2, 0.25) is 0 Å². The second-order valence-electron chi connectivity index (χ2n) is 8.56. The van der Waals surface area contributed by atoms with Crippen molar-refractivity contribution in [1.29, 1.82) is 0 Å². The molecule has 210 valence electrons. The Bertz CT molecular complexity index is 1480. The van der Waals surface area contributed by atoms with Crippen molar-refractivity contribution in [2.24, 2.45) is 0 Å². The highest BCUT2D eigenvalue weighted by Crippen LogP contribution is 2.34. The van der Waals surface area contributed by atoms with E-state index in [1.807, 2.05) is 0 Å². The fourth-order valence-corrected chi connectivity index (χ4v) is 4.86. The number of carbonyl (C=O) groups excluding carboxylic acids is 2. The molecule has 11 nitrogen and oxygen atoms in total. The molecule has 2 amide bonds. The van der Waals surface area contributed by atoms with Crippen LogP contribution in [0.25, 0.3) is 17.3 Å². The number of aromatic nitrogens is 4. The van der Waals surface area contributed by atoms with E-state index in [2.05, 4.69) is 15.2 Å². The fourth-order valence-electron chi connectivity index (χ4n) is 4.05. The first-order valence-corrected chi connectivity index (χ1v) is 13.2. The molecule has 1 aliphatic rings. The number of oxazole rings is 1. The predicted octanol–water partition coefficient (Wildman–Crippen LogP) is 4.74. The first-order chi connectivity index (χ1) is 19.2. The van der Waals surface area contributed by atoms with Crippen molar-refractivity contribution in [1.82, 2.24) is 29.5 Å². The summed E-state index contributed by atoms with van der Waals surface area (Å²) >= 11 is 1.12. The van der Waals surface area contributed by atoms with E-state index in [0.29, 0.717) is 31.9 Å². The fraction of sp³-hybridized carbons (Fsp3) is 0.320. The SMILES string of the molecule is CCOC(=O)N1CCN(C(=O)c2coc(CSc3nnc(-c4ccco4)n3-c3cccc(C(F)(F)F)c3)n2)CC1. The van der Waals surface area contributed by atoms with Crippen LogP contribution in [-0.4, -0.2) is 74.3 Å². The zero-order valence-electron chi connectivity index (χ0n) is 21.1. The van der Waals surface area contributed by atoms with E-state index in [0.717, 1.165) is 23.9 Å². The van der Waals surface area contributed by atoms with Crippen LogP contribution in [0.3, 0.4) is 0 Å². The number of nitrogens with zero attached hydrogens (tertiary/aromatic N) is 6. The summed E-state index contributed by atoms with van der Waals surface area (Å²) in [4.78, 5) is 32.2. The van der Waals surface area contributed by atoms with Gasteiger partial charge >= 0.3 is 12.3 Å². The predicted molar refractivity (Wildman–Crippen MR) is 135 cm³/mol. The molecule has 1 saturated heterocycles. The lowest BCUT2D eigenvalue weighted by atomic mass is 10.2. The van der Waals surface area contributed by atoms with Crippen molar-refractivity contribution in [2.75, 3.05) is 32.8 Å². The molecule has 0 atom stereocenters. The molecular weight excluding hydrogens is 553 g/mol. The van der Waals surface area contributed by atoms with Gasteiger partial charge in [-0.15, -0.1) is 10.2 Å². The molecule has 40 heavy (non-hydrogen) atoms. The van der Waals surface area contributed by atoms with Crippen LogP contribution in [0.4, 0.5) is 18.0 Å². The molecule has 1 aliphatic heterocycles. The maximum atomic E-state index is 13.4. The number of amides is 2. The van der Waals surface area contributed by atoms with Crippen LogP contribution >= 0.6 is 11.8 Å². The summed E-state index contributed by atoms with van der Waals surface area (Å²) in [7, 11) is 0. The van der Waals surface area contributed by atoms with Crippen LogP contribution in [0.15, 0.2) is 62.9 Å². The Labute approximate surface area is 229 Å². The highest BCUT2D eigenvalue weighted by molar-refractivity contribution is 7.98. The molecule has 5 rings (SSSR count). The number of piperazine rings is 1. The monoisotopic (exact) mass is 576 g/mol. The lowest BCUT2D eigenvalue weighted by molar-refractivity contribution is -0.137. The van der Waals surface area contributed by atoms with Crippen molar-refractivity contribution < 1.29 is 36.3 Å². The van der Waals surface area contributed by atoms with Crippen LogP contribution in [-0.2, 0) is 16.7 Å². The van der Waals surface area contributed by atoms with Crippen LogP contribution in [0, 0.1) is 0 Å². The van der Waals surface area contributed by atoms with E-state index in [9.17, 15) is 22.8 Å². The van der Waals surface area contributed by atoms with Crippen LogP contribution in [0.1, 0.15) is 28.9 Å². The van der Waals surface area contributed by atoms with E-state index in [1.165, 1.54) is 34.1 Å². The second-order valence-corrected chi connectivity index (χ2v) is 9.50. The summed E-state index contributed by atoms with van der Waals surface area (Å²) in [5.41, 5.74) is -0.520. The van der Waals surface area contributed by atoms with Crippen molar-refractivity contribution >= 4 is 23.8 Å². The molecule has 4 aromatic rings. The quantitative estimate of drug-likeness (QED) is 0.287. The number of hydrogen-bond donors (Lipinski definition) is 0. The minimum atomic E-state index is -4.53. The van der Waals surface area contributed by atoms with Crippen molar-refractivity contribution in [3.8, 4) is 17.3 Å². The molecule has 0 bridgehead atoms. The van der Waals surface area contributed by atoms with E-state index in [-0.39, 0.29) is 46.5 Å². The third-order valence-electron chi connectivity index (χ3n) is 6.00. The molecular formula is C25H23F3N6O5S. The normalized spacial score (nSPS) is 14.0. The summed E-state index contributed by atoms with van der Waals surface area (Å²) in [5, 5.41) is 8.56. The Morgan fingerprint density at radius 2 is 1.82 bits per heavy atom. The van der Waals surface area contributed by atoms with Crippen LogP contribution < -0.4 is 0 Å². The van der Waals surface area contributed by atoms with Gasteiger partial charge in [-0.05, 0) is 37.3 Å². The molecule has 0 saturated carbocycles. The van der Waals surface area contributed by atoms with E-state index >= 15 is 0 Å². The van der Waals surface area contributed by atoms with E-state index < -0.39 is 17.8 Å². The van der Waals surface area contributed by atoms with Gasteiger partial charge in [0.2, 0.25) is 11.7 Å². The molecule has 4 heterocycles. The van der Waals surface area contributed by atoms with Crippen molar-refractivity contribution in [3.63, 3.8) is 0 Å². The first-order valence-electron chi connectivity index (χ1n) is 12.2. The number of halogens is 3. The van der Waals surface area contributed by atoms with Crippen molar-refractivity contribution in [2.45, 2.75) is 24.0 Å². The number of carbonyl (C=O) groups is 2. The molecule has 0 unspecified atom stereocenters. The average Bonchev–Trinajstić information content (AvgIpc) is 3.72. The lowest BCUT2D eigenvalue weighted by Gasteiger charge is -2.33. The van der Waals surface area contributed by atoms with Gasteiger partial charge in [0, 0.05) is 26.2 Å². The highest BCUT2D eigenvalue weighted by atomic mass is 32.2. The standard InChI is InChI=1S/C25H23F3N6O5S/c1-2-37-24(36)33-10-8-32(9-11-33)22(35)18-14-39-20(29-18)15-40-23-31-30-21(19-7-4-12-38-19)34(23)17-6-3-5-16(13-17)25(26,27)28/h3-7,12-14H,2,8-11,15H2,1H3. The van der Waals surface area contributed by atoms with E-state index in [1.54, 1.807) is 24.0 Å². The lowest BCUT2D eigenvalue weighted by Crippen LogP contribution is -2.50. The van der Waals surface area contributed by atoms with Gasteiger partial charge in [-0.2, -0.15) is 13.2 Å². The third-order valence-corrected chi connectivity index (χ3v) is 6.91. The Kier molecular flexibility index (Phi) is 7.82. The van der Waals surface area contributed by atoms with E-state index in [4.69, 9.17) is 13.6 Å². The van der Waals surface area contributed by atoms with Gasteiger partial charge < -0.3 is 23.4 Å². The zero-order chi connectivity index (χ0) is 28.3. The molecule has 3 aromatic heterocycles. The topological polar surface area (TPSA) is 120 Å². The Hall–Kier alpha value is -4.27. The maximum Gasteiger partial charge on any atom is 0.416 e. The molecule has 0 N–H and O–H groups in total. The molecule has 15 heteroatoms. The first kappa shape index (κ1) is 27.3. The summed E-state index contributed by atoms with van der Waals surface area (Å²) in [5.74, 6) is 0.549. The van der Waals surface area contributed by atoms with Gasteiger partial charge in [0.25, 0.3) is 5.91 Å². The summed E-state index contributed by atoms with van der Waals surface area (Å²) in [6.45, 7) is 3.33. The molecule has 0 radical (unpaired) electrons. The third kappa shape index (κ3) is 5.83. The minimum Gasteiger partial charge on any atom is -0.461 e. The van der Waals surface area contributed by atoms with Gasteiger partial charge in [0.05, 0.1) is 29.9 Å². The Balaban J connectivity index is 1.30. The van der Waals surface area contributed by atoms with Gasteiger partial charge in [0.15, 0.2) is 16.6 Å². The van der Waals surface area contributed by atoms with Gasteiger partial charge in [-0.1, -0.05) is 17.8 Å². The summed E-state index contributed by atoms with van der Waals surface area (Å²) in [6, 6.07) is 8.06. The molecule has 1 fully saturated rings. The Morgan fingerprint density at radius 1 is 1.05 bits per heavy atom. The number of alkyl halides is 3. The van der Waals surface area contributed by atoms with Crippen LogP contribution in [0.5, 0.6) is 0 Å². The number of furan rings is 1.